The number of carbonyl (C=O) groups excluding carboxylic acids is 1. The standard InChI is InChI=1S/C10H16O4/c1-6-4-14-10(13)5-9(2,12)8(11)3-7(6)10/h6-7,12-13H,3-5H2,1-2H3/t6?,7-,9+,10?/m1/s1. The van der Waals surface area contributed by atoms with E-state index in [4.69, 9.17) is 4.74 Å². The largest absolute Gasteiger partial charge is 0.382 e. The van der Waals surface area contributed by atoms with Crippen molar-refractivity contribution >= 4 is 5.78 Å². The highest BCUT2D eigenvalue weighted by Gasteiger charge is 2.57. The number of hydrogen-bond acceptors (Lipinski definition) is 4. The molecule has 1 heterocycles. The predicted molar refractivity (Wildman–Crippen MR) is 48.4 cm³/mol. The van der Waals surface area contributed by atoms with Gasteiger partial charge >= 0.3 is 0 Å². The van der Waals surface area contributed by atoms with Crippen LogP contribution in [-0.2, 0) is 9.53 Å². The summed E-state index contributed by atoms with van der Waals surface area (Å²) in [6.45, 7) is 3.86. The number of fused-ring (bicyclic) bond motifs is 1. The van der Waals surface area contributed by atoms with E-state index in [9.17, 15) is 15.0 Å². The van der Waals surface area contributed by atoms with Crippen LogP contribution in [0.5, 0.6) is 0 Å². The molecule has 4 heteroatoms. The third-order valence-corrected chi connectivity index (χ3v) is 3.47. The Morgan fingerprint density at radius 2 is 2.14 bits per heavy atom. The van der Waals surface area contributed by atoms with Gasteiger partial charge in [-0.2, -0.15) is 0 Å². The maximum absolute atomic E-state index is 11.5. The molecule has 0 aromatic rings. The topological polar surface area (TPSA) is 66.8 Å². The first kappa shape index (κ1) is 10.1. The van der Waals surface area contributed by atoms with Crippen molar-refractivity contribution in [1.29, 1.82) is 0 Å². The lowest BCUT2D eigenvalue weighted by Gasteiger charge is -2.40. The summed E-state index contributed by atoms with van der Waals surface area (Å²) in [7, 11) is 0. The van der Waals surface area contributed by atoms with Crippen LogP contribution in [-0.4, -0.2) is 34.0 Å². The average Bonchev–Trinajstić information content (AvgIpc) is 2.30. The van der Waals surface area contributed by atoms with Crippen molar-refractivity contribution < 1.29 is 19.7 Å². The molecule has 0 bridgehead atoms. The molecule has 2 N–H and O–H groups in total. The van der Waals surface area contributed by atoms with Crippen LogP contribution in [0.15, 0.2) is 0 Å². The number of aliphatic hydroxyl groups is 2. The molecule has 80 valence electrons. The molecule has 14 heavy (non-hydrogen) atoms. The summed E-state index contributed by atoms with van der Waals surface area (Å²) >= 11 is 0. The van der Waals surface area contributed by atoms with Crippen LogP contribution in [0.4, 0.5) is 0 Å². The average molecular weight is 200 g/mol. The third kappa shape index (κ3) is 1.29. The van der Waals surface area contributed by atoms with Crippen LogP contribution in [0.1, 0.15) is 26.7 Å². The molecule has 2 aliphatic rings. The van der Waals surface area contributed by atoms with Gasteiger partial charge in [0.1, 0.15) is 5.60 Å². The number of Topliss-reactive ketones (excluding diaryl/α,β-unsaturated/α-hetero) is 1. The lowest BCUT2D eigenvalue weighted by atomic mass is 9.71. The number of carbonyl (C=O) groups is 1. The van der Waals surface area contributed by atoms with Crippen LogP contribution in [0.2, 0.25) is 0 Å². The molecule has 4 nitrogen and oxygen atoms in total. The van der Waals surface area contributed by atoms with Crippen molar-refractivity contribution in [3.63, 3.8) is 0 Å². The smallest absolute Gasteiger partial charge is 0.172 e. The van der Waals surface area contributed by atoms with E-state index in [1.54, 1.807) is 0 Å². The first-order chi connectivity index (χ1) is 6.35. The summed E-state index contributed by atoms with van der Waals surface area (Å²) in [6.07, 6.45) is 0.207. The molecule has 0 aromatic heterocycles. The van der Waals surface area contributed by atoms with Gasteiger partial charge in [0, 0.05) is 18.8 Å². The monoisotopic (exact) mass is 200 g/mol. The summed E-state index contributed by atoms with van der Waals surface area (Å²) in [5.74, 6) is -1.46. The summed E-state index contributed by atoms with van der Waals surface area (Å²) in [6, 6.07) is 0. The second kappa shape index (κ2) is 2.78. The summed E-state index contributed by atoms with van der Waals surface area (Å²) in [4.78, 5) is 11.5. The molecule has 1 saturated carbocycles. The Labute approximate surface area is 82.9 Å². The molecule has 2 fully saturated rings. The Balaban J connectivity index is 2.27. The molecule has 0 spiro atoms. The molecule has 0 aromatic carbocycles. The van der Waals surface area contributed by atoms with Crippen LogP contribution in [0.3, 0.4) is 0 Å². The van der Waals surface area contributed by atoms with Crippen molar-refractivity contribution in [3.05, 3.63) is 0 Å². The minimum atomic E-state index is -1.44. The van der Waals surface area contributed by atoms with E-state index >= 15 is 0 Å². The fraction of sp³-hybridized carbons (Fsp3) is 0.900. The first-order valence-electron chi connectivity index (χ1n) is 4.97. The van der Waals surface area contributed by atoms with E-state index in [2.05, 4.69) is 0 Å². The fourth-order valence-corrected chi connectivity index (χ4v) is 2.50. The van der Waals surface area contributed by atoms with Gasteiger partial charge in [0.25, 0.3) is 0 Å². The molecule has 0 amide bonds. The second-order valence-electron chi connectivity index (χ2n) is 4.82. The number of rotatable bonds is 0. The first-order valence-corrected chi connectivity index (χ1v) is 4.97. The number of hydrogen-bond donors (Lipinski definition) is 2. The van der Waals surface area contributed by atoms with Gasteiger partial charge in [0.2, 0.25) is 0 Å². The zero-order valence-corrected chi connectivity index (χ0v) is 8.49. The predicted octanol–water partition coefficient (Wildman–Crippen LogP) is 0.0714. The van der Waals surface area contributed by atoms with Crippen molar-refractivity contribution in [2.75, 3.05) is 6.61 Å². The van der Waals surface area contributed by atoms with E-state index in [0.29, 0.717) is 6.61 Å². The zero-order chi connectivity index (χ0) is 10.6. The van der Waals surface area contributed by atoms with Crippen molar-refractivity contribution in [3.8, 4) is 0 Å². The van der Waals surface area contributed by atoms with Gasteiger partial charge in [-0.3, -0.25) is 4.79 Å². The minimum absolute atomic E-state index is 0.00611. The maximum atomic E-state index is 11.5. The number of ketones is 1. The van der Waals surface area contributed by atoms with Gasteiger partial charge in [-0.25, -0.2) is 0 Å². The highest BCUT2D eigenvalue weighted by molar-refractivity contribution is 5.88. The quantitative estimate of drug-likeness (QED) is 0.580. The summed E-state index contributed by atoms with van der Waals surface area (Å²) < 4.78 is 5.28. The Morgan fingerprint density at radius 3 is 2.79 bits per heavy atom. The highest BCUT2D eigenvalue weighted by atomic mass is 16.6. The molecule has 0 radical (unpaired) electrons. The Hall–Kier alpha value is -0.450. The maximum Gasteiger partial charge on any atom is 0.172 e. The van der Waals surface area contributed by atoms with Crippen molar-refractivity contribution in [1.82, 2.24) is 0 Å². The van der Waals surface area contributed by atoms with Gasteiger partial charge < -0.3 is 14.9 Å². The lowest BCUT2D eigenvalue weighted by Crippen LogP contribution is -2.54. The van der Waals surface area contributed by atoms with Gasteiger partial charge in [0.15, 0.2) is 11.6 Å². The molecular formula is C10H16O4. The molecular weight excluding hydrogens is 184 g/mol. The molecule has 1 saturated heterocycles. The van der Waals surface area contributed by atoms with Gasteiger partial charge in [-0.15, -0.1) is 0 Å². The Morgan fingerprint density at radius 1 is 1.50 bits per heavy atom. The third-order valence-electron chi connectivity index (χ3n) is 3.47. The minimum Gasteiger partial charge on any atom is -0.382 e. The number of ether oxygens (including phenoxy) is 1. The Kier molecular flexibility index (Phi) is 2.00. The van der Waals surface area contributed by atoms with E-state index in [1.165, 1.54) is 6.92 Å². The molecule has 2 rings (SSSR count). The van der Waals surface area contributed by atoms with Crippen molar-refractivity contribution in [2.24, 2.45) is 11.8 Å². The lowest BCUT2D eigenvalue weighted by molar-refractivity contribution is -0.236. The van der Waals surface area contributed by atoms with E-state index in [0.717, 1.165) is 0 Å². The second-order valence-corrected chi connectivity index (χ2v) is 4.82. The van der Waals surface area contributed by atoms with Crippen LogP contribution >= 0.6 is 0 Å². The van der Waals surface area contributed by atoms with Crippen molar-refractivity contribution in [2.45, 2.75) is 38.1 Å². The highest BCUT2D eigenvalue weighted by Crippen LogP contribution is 2.46. The van der Waals surface area contributed by atoms with Gasteiger partial charge in [-0.05, 0) is 12.8 Å². The van der Waals surface area contributed by atoms with Crippen LogP contribution in [0, 0.1) is 11.8 Å². The summed E-state index contributed by atoms with van der Waals surface area (Å²) in [5, 5.41) is 19.9. The van der Waals surface area contributed by atoms with Gasteiger partial charge in [-0.1, -0.05) is 6.92 Å². The van der Waals surface area contributed by atoms with E-state index in [-0.39, 0.29) is 30.5 Å². The molecule has 4 atom stereocenters. The molecule has 1 aliphatic carbocycles. The van der Waals surface area contributed by atoms with Crippen LogP contribution < -0.4 is 0 Å². The van der Waals surface area contributed by atoms with Crippen LogP contribution in [0.25, 0.3) is 0 Å². The normalized spacial score (nSPS) is 53.3. The Bertz CT molecular complexity index is 273. The zero-order valence-electron chi connectivity index (χ0n) is 8.49. The van der Waals surface area contributed by atoms with E-state index < -0.39 is 11.4 Å². The molecule has 2 unspecified atom stereocenters. The SMILES string of the molecule is CC1COC2(O)C[C@](C)(O)C(=O)C[C@H]12. The van der Waals surface area contributed by atoms with Gasteiger partial charge in [0.05, 0.1) is 6.61 Å². The summed E-state index contributed by atoms with van der Waals surface area (Å²) in [5.41, 5.74) is -1.44. The molecule has 1 aliphatic heterocycles. The van der Waals surface area contributed by atoms with E-state index in [1.807, 2.05) is 6.92 Å². The fourth-order valence-electron chi connectivity index (χ4n) is 2.50.